The molecule has 0 amide bonds. The van der Waals surface area contributed by atoms with Gasteiger partial charge in [-0.15, -0.1) is 0 Å². The van der Waals surface area contributed by atoms with Gasteiger partial charge in [0.1, 0.15) is 5.02 Å². The number of hydrogen-bond donors (Lipinski definition) is 1. The van der Waals surface area contributed by atoms with Crippen LogP contribution in [0.5, 0.6) is 0 Å². The predicted molar refractivity (Wildman–Crippen MR) is 77.6 cm³/mol. The third-order valence-electron chi connectivity index (χ3n) is 4.60. The van der Waals surface area contributed by atoms with Gasteiger partial charge in [0.2, 0.25) is 0 Å². The molecule has 3 rings (SSSR count). The van der Waals surface area contributed by atoms with Crippen molar-refractivity contribution in [3.05, 3.63) is 38.9 Å². The van der Waals surface area contributed by atoms with Crippen LogP contribution in [0.4, 0.5) is 5.69 Å². The van der Waals surface area contributed by atoms with Crippen LogP contribution < -0.4 is 5.73 Å². The lowest BCUT2D eigenvalue weighted by Gasteiger charge is -2.18. The molecule has 108 valence electrons. The SMILES string of the molecule is NC1CCC2CN(Cc3ccc(Cl)c([N+](=O)[O-])c3)CC12. The van der Waals surface area contributed by atoms with Crippen LogP contribution >= 0.6 is 11.6 Å². The second-order valence-electron chi connectivity index (χ2n) is 5.90. The topological polar surface area (TPSA) is 72.4 Å². The highest BCUT2D eigenvalue weighted by Gasteiger charge is 2.40. The normalized spacial score (nSPS) is 29.6. The minimum absolute atomic E-state index is 0.0136. The lowest BCUT2D eigenvalue weighted by molar-refractivity contribution is -0.384. The maximum absolute atomic E-state index is 10.9. The fourth-order valence-corrected chi connectivity index (χ4v) is 3.77. The van der Waals surface area contributed by atoms with E-state index in [4.69, 9.17) is 17.3 Å². The van der Waals surface area contributed by atoms with Gasteiger partial charge in [-0.3, -0.25) is 15.0 Å². The number of fused-ring (bicyclic) bond motifs is 1. The molecule has 0 aromatic heterocycles. The van der Waals surface area contributed by atoms with E-state index in [1.165, 1.54) is 6.42 Å². The summed E-state index contributed by atoms with van der Waals surface area (Å²) in [5.74, 6) is 1.30. The Bertz CT molecular complexity index is 537. The first-order valence-corrected chi connectivity index (χ1v) is 7.33. The van der Waals surface area contributed by atoms with Gasteiger partial charge in [0.25, 0.3) is 5.69 Å². The average Bonchev–Trinajstić information content (AvgIpc) is 2.94. The third kappa shape index (κ3) is 2.53. The predicted octanol–water partition coefficient (Wildman–Crippen LogP) is 2.42. The van der Waals surface area contributed by atoms with Crippen LogP contribution in [0.2, 0.25) is 5.02 Å². The summed E-state index contributed by atoms with van der Waals surface area (Å²) in [6.07, 6.45) is 2.35. The summed E-state index contributed by atoms with van der Waals surface area (Å²) < 4.78 is 0. The monoisotopic (exact) mass is 295 g/mol. The molecule has 1 aromatic carbocycles. The largest absolute Gasteiger partial charge is 0.327 e. The van der Waals surface area contributed by atoms with Gasteiger partial charge in [-0.2, -0.15) is 0 Å². The Morgan fingerprint density at radius 1 is 1.40 bits per heavy atom. The molecule has 0 radical (unpaired) electrons. The number of benzene rings is 1. The van der Waals surface area contributed by atoms with Crippen LogP contribution in [0.15, 0.2) is 18.2 Å². The highest BCUT2D eigenvalue weighted by molar-refractivity contribution is 6.32. The van der Waals surface area contributed by atoms with Crippen LogP contribution in [0.25, 0.3) is 0 Å². The van der Waals surface area contributed by atoms with Crippen molar-refractivity contribution in [3.63, 3.8) is 0 Å². The smallest absolute Gasteiger partial charge is 0.288 e. The number of likely N-dealkylation sites (tertiary alicyclic amines) is 1. The molecule has 2 fully saturated rings. The van der Waals surface area contributed by atoms with Crippen LogP contribution in [0.3, 0.4) is 0 Å². The molecule has 2 aliphatic rings. The zero-order valence-corrected chi connectivity index (χ0v) is 11.9. The number of nitrogens with zero attached hydrogens (tertiary/aromatic N) is 2. The molecule has 3 atom stereocenters. The van der Waals surface area contributed by atoms with Gasteiger partial charge >= 0.3 is 0 Å². The Morgan fingerprint density at radius 2 is 2.20 bits per heavy atom. The van der Waals surface area contributed by atoms with Crippen LogP contribution in [-0.2, 0) is 6.54 Å². The quantitative estimate of drug-likeness (QED) is 0.686. The molecular weight excluding hydrogens is 278 g/mol. The van der Waals surface area contributed by atoms with Crippen molar-refractivity contribution in [2.24, 2.45) is 17.6 Å². The Hall–Kier alpha value is -1.17. The van der Waals surface area contributed by atoms with Crippen molar-refractivity contribution in [1.29, 1.82) is 0 Å². The zero-order chi connectivity index (χ0) is 14.3. The second kappa shape index (κ2) is 5.31. The van der Waals surface area contributed by atoms with Crippen molar-refractivity contribution in [3.8, 4) is 0 Å². The maximum Gasteiger partial charge on any atom is 0.288 e. The van der Waals surface area contributed by atoms with Crippen molar-refractivity contribution in [2.45, 2.75) is 25.4 Å². The fourth-order valence-electron chi connectivity index (χ4n) is 3.58. The Balaban J connectivity index is 1.70. The van der Waals surface area contributed by atoms with E-state index in [-0.39, 0.29) is 10.7 Å². The van der Waals surface area contributed by atoms with Gasteiger partial charge in [-0.1, -0.05) is 17.7 Å². The summed E-state index contributed by atoms with van der Waals surface area (Å²) in [6.45, 7) is 2.79. The molecule has 1 aliphatic heterocycles. The molecule has 5 nitrogen and oxygen atoms in total. The molecule has 20 heavy (non-hydrogen) atoms. The zero-order valence-electron chi connectivity index (χ0n) is 11.2. The number of hydrogen-bond acceptors (Lipinski definition) is 4. The first-order valence-electron chi connectivity index (χ1n) is 6.95. The van der Waals surface area contributed by atoms with Gasteiger partial charge in [0.15, 0.2) is 0 Å². The average molecular weight is 296 g/mol. The Morgan fingerprint density at radius 3 is 2.90 bits per heavy atom. The summed E-state index contributed by atoms with van der Waals surface area (Å²) in [6, 6.07) is 5.38. The minimum Gasteiger partial charge on any atom is -0.327 e. The molecule has 1 aromatic rings. The van der Waals surface area contributed by atoms with Gasteiger partial charge < -0.3 is 5.73 Å². The van der Waals surface area contributed by atoms with Crippen LogP contribution in [0.1, 0.15) is 18.4 Å². The highest BCUT2D eigenvalue weighted by atomic mass is 35.5. The highest BCUT2D eigenvalue weighted by Crippen LogP contribution is 2.37. The Labute approximate surface area is 122 Å². The second-order valence-corrected chi connectivity index (χ2v) is 6.31. The van der Waals surface area contributed by atoms with E-state index in [2.05, 4.69) is 4.90 Å². The van der Waals surface area contributed by atoms with Gasteiger partial charge in [-0.25, -0.2) is 0 Å². The van der Waals surface area contributed by atoms with Crippen molar-refractivity contribution in [1.82, 2.24) is 4.90 Å². The summed E-state index contributed by atoms with van der Waals surface area (Å²) in [4.78, 5) is 12.8. The molecule has 3 unspecified atom stereocenters. The van der Waals surface area contributed by atoms with Crippen LogP contribution in [0, 0.1) is 22.0 Å². The lowest BCUT2D eigenvalue weighted by atomic mass is 9.98. The van der Waals surface area contributed by atoms with E-state index in [0.717, 1.165) is 31.6 Å². The van der Waals surface area contributed by atoms with E-state index < -0.39 is 4.92 Å². The fraction of sp³-hybridized carbons (Fsp3) is 0.571. The van der Waals surface area contributed by atoms with Crippen molar-refractivity contribution < 1.29 is 4.92 Å². The molecule has 1 heterocycles. The molecular formula is C14H18ClN3O2. The molecule has 0 bridgehead atoms. The number of nitrogens with two attached hydrogens (primary N) is 1. The summed E-state index contributed by atoms with van der Waals surface area (Å²) in [5, 5.41) is 11.1. The molecule has 1 saturated carbocycles. The maximum atomic E-state index is 10.9. The van der Waals surface area contributed by atoms with E-state index in [9.17, 15) is 10.1 Å². The third-order valence-corrected chi connectivity index (χ3v) is 4.92. The number of rotatable bonds is 3. The van der Waals surface area contributed by atoms with E-state index >= 15 is 0 Å². The molecule has 1 saturated heterocycles. The molecule has 6 heteroatoms. The van der Waals surface area contributed by atoms with Gasteiger partial charge in [-0.05, 0) is 36.3 Å². The minimum atomic E-state index is -0.430. The van der Waals surface area contributed by atoms with E-state index in [1.54, 1.807) is 12.1 Å². The molecule has 1 aliphatic carbocycles. The van der Waals surface area contributed by atoms with Gasteiger partial charge in [0, 0.05) is 31.7 Å². The first-order chi connectivity index (χ1) is 9.54. The lowest BCUT2D eigenvalue weighted by Crippen LogP contribution is -2.30. The molecule has 0 spiro atoms. The van der Waals surface area contributed by atoms with Crippen molar-refractivity contribution in [2.75, 3.05) is 13.1 Å². The van der Waals surface area contributed by atoms with Gasteiger partial charge in [0.05, 0.1) is 4.92 Å². The Kier molecular flexibility index (Phi) is 3.67. The van der Waals surface area contributed by atoms with Crippen molar-refractivity contribution >= 4 is 17.3 Å². The van der Waals surface area contributed by atoms with E-state index in [1.807, 2.05) is 6.07 Å². The number of nitro groups is 1. The summed E-state index contributed by atoms with van der Waals surface area (Å²) in [7, 11) is 0. The van der Waals surface area contributed by atoms with Crippen LogP contribution in [-0.4, -0.2) is 29.0 Å². The summed E-state index contributed by atoms with van der Waals surface area (Å²) in [5.41, 5.74) is 7.05. The number of nitro benzene ring substituents is 1. The standard InChI is InChI=1S/C14H18ClN3O2/c15-12-3-1-9(5-14(12)18(19)20)6-17-7-10-2-4-13(16)11(10)8-17/h1,3,5,10-11,13H,2,4,6-8,16H2. The molecule has 2 N–H and O–H groups in total. The first kappa shape index (κ1) is 13.8. The number of halogens is 1. The van der Waals surface area contributed by atoms with E-state index in [0.29, 0.717) is 17.9 Å². The summed E-state index contributed by atoms with van der Waals surface area (Å²) >= 11 is 5.83.